The summed E-state index contributed by atoms with van der Waals surface area (Å²) in [5.74, 6) is 0. The van der Waals surface area contributed by atoms with Crippen LogP contribution in [0.2, 0.25) is 0 Å². The molecule has 0 saturated heterocycles. The molecule has 538 valence electrons. The van der Waals surface area contributed by atoms with Gasteiger partial charge in [-0.25, -0.2) is 0 Å². The molecule has 2 heterocycles. The van der Waals surface area contributed by atoms with E-state index in [-0.39, 0.29) is 0 Å². The highest BCUT2D eigenvalue weighted by molar-refractivity contribution is 6.10. The van der Waals surface area contributed by atoms with Gasteiger partial charge in [0.15, 0.2) is 0 Å². The van der Waals surface area contributed by atoms with Crippen molar-refractivity contribution in [2.45, 2.75) is 0 Å². The number of nitrogens with zero attached hydrogens (tertiary/aromatic N) is 6. The molecule has 0 aliphatic rings. The third-order valence-electron chi connectivity index (χ3n) is 22.0. The molecule has 0 saturated carbocycles. The molecule has 0 unspecified atom stereocenters. The van der Waals surface area contributed by atoms with Crippen molar-refractivity contribution in [3.05, 3.63) is 461 Å². The highest BCUT2D eigenvalue weighted by Crippen LogP contribution is 2.50. The number of fused-ring (bicyclic) bond motifs is 4. The lowest BCUT2D eigenvalue weighted by Crippen LogP contribution is -2.12. The van der Waals surface area contributed by atoms with Crippen LogP contribution in [0.5, 0.6) is 0 Å². The van der Waals surface area contributed by atoms with Gasteiger partial charge in [0.25, 0.3) is 0 Å². The fourth-order valence-electron chi connectivity index (χ4n) is 16.9. The molecule has 0 atom stereocenters. The summed E-state index contributed by atoms with van der Waals surface area (Å²) in [6.07, 6.45) is 0. The van der Waals surface area contributed by atoms with E-state index in [0.29, 0.717) is 0 Å². The second-order valence-electron chi connectivity index (χ2n) is 28.8. The predicted molar refractivity (Wildman–Crippen MR) is 481 cm³/mol. The zero-order valence-electron chi connectivity index (χ0n) is 62.6. The van der Waals surface area contributed by atoms with Crippen molar-refractivity contribution in [3.63, 3.8) is 0 Å². The van der Waals surface area contributed by atoms with E-state index in [9.17, 15) is 0 Å². The third kappa shape index (κ3) is 12.7. The van der Waals surface area contributed by atoms with Crippen LogP contribution in [0.4, 0.5) is 68.2 Å². The van der Waals surface area contributed by atoms with Crippen LogP contribution in [-0.2, 0) is 0 Å². The van der Waals surface area contributed by atoms with Gasteiger partial charge in [-0.15, -0.1) is 0 Å². The fourth-order valence-corrected chi connectivity index (χ4v) is 16.9. The highest BCUT2D eigenvalue weighted by Gasteiger charge is 2.27. The van der Waals surface area contributed by atoms with E-state index >= 15 is 0 Å². The van der Waals surface area contributed by atoms with E-state index in [1.165, 1.54) is 32.7 Å². The van der Waals surface area contributed by atoms with Crippen LogP contribution in [0.3, 0.4) is 0 Å². The van der Waals surface area contributed by atoms with E-state index in [1.807, 2.05) is 0 Å². The van der Waals surface area contributed by atoms with Gasteiger partial charge in [-0.1, -0.05) is 279 Å². The molecule has 20 rings (SSSR count). The summed E-state index contributed by atoms with van der Waals surface area (Å²) < 4.78 is 4.95. The van der Waals surface area contributed by atoms with Gasteiger partial charge in [0.1, 0.15) is 0 Å². The van der Waals surface area contributed by atoms with Gasteiger partial charge in [-0.3, -0.25) is 0 Å². The monoisotopic (exact) mass is 1460 g/mol. The minimum Gasteiger partial charge on any atom is -0.311 e. The normalized spacial score (nSPS) is 11.3. The van der Waals surface area contributed by atoms with Gasteiger partial charge in [0.05, 0.1) is 33.8 Å². The number of aromatic nitrogens is 2. The Morgan fingerprint density at radius 1 is 0.158 bits per heavy atom. The molecule has 0 radical (unpaired) electrons. The molecule has 6 nitrogen and oxygen atoms in total. The van der Waals surface area contributed by atoms with Crippen molar-refractivity contribution in [3.8, 4) is 67.3 Å². The Balaban J connectivity index is 0.695. The van der Waals surface area contributed by atoms with Crippen molar-refractivity contribution >= 4 is 112 Å². The van der Waals surface area contributed by atoms with Gasteiger partial charge in [0.2, 0.25) is 0 Å². The topological polar surface area (TPSA) is 22.8 Å². The van der Waals surface area contributed by atoms with Gasteiger partial charge in [-0.05, 0) is 226 Å². The summed E-state index contributed by atoms with van der Waals surface area (Å²) in [6, 6.07) is 167. The van der Waals surface area contributed by atoms with E-state index in [2.05, 4.69) is 490 Å². The van der Waals surface area contributed by atoms with Crippen molar-refractivity contribution in [2.24, 2.45) is 0 Å². The molecular weight excluding hydrogens is 1380 g/mol. The lowest BCUT2D eigenvalue weighted by molar-refractivity contribution is 1.13. The van der Waals surface area contributed by atoms with Crippen LogP contribution in [-0.4, -0.2) is 9.13 Å². The molecule has 0 amide bonds. The Morgan fingerprint density at radius 3 is 0.728 bits per heavy atom. The van der Waals surface area contributed by atoms with Crippen LogP contribution >= 0.6 is 0 Å². The van der Waals surface area contributed by atoms with Gasteiger partial charge in [0, 0.05) is 101 Å². The van der Waals surface area contributed by atoms with Crippen molar-refractivity contribution in [1.29, 1.82) is 0 Å². The Hall–Kier alpha value is -15.2. The van der Waals surface area contributed by atoms with Crippen molar-refractivity contribution < 1.29 is 0 Å². The molecule has 0 aliphatic carbocycles. The number of hydrogen-bond donors (Lipinski definition) is 0. The summed E-state index contributed by atoms with van der Waals surface area (Å²) in [4.78, 5) is 9.43. The summed E-state index contributed by atoms with van der Waals surface area (Å²) in [7, 11) is 0. The van der Waals surface area contributed by atoms with Crippen LogP contribution in [0.1, 0.15) is 0 Å². The van der Waals surface area contributed by atoms with E-state index in [4.69, 9.17) is 0 Å². The molecule has 20 aromatic rings. The van der Waals surface area contributed by atoms with E-state index in [0.717, 1.165) is 146 Å². The first kappa shape index (κ1) is 68.1. The Bertz CT molecular complexity index is 6350. The lowest BCUT2D eigenvalue weighted by atomic mass is 9.94. The molecule has 18 aromatic carbocycles. The predicted octanol–water partition coefficient (Wildman–Crippen LogP) is 30.1. The smallest absolute Gasteiger partial charge is 0.0619 e. The Labute approximate surface area is 664 Å². The standard InChI is InChI=1S/C108H76N6/c1-9-33-79(34-10-1)105-99-75-83(55-73-103(99)113(107(105)81-37-13-3-14-38-81)95-69-61-91(62-70-95)109(85-43-17-5-18-44-85)89-57-65-93(66-58-89)111(87-47-21-7-22-48-87)101-53-29-41-77-31-25-27-51-97(77)101)84-56-74-104-100(76-84)106(80-35-11-2-12-36-80)108(82-39-15-4-16-40-82)114(104)96-71-63-92(64-72-96)110(86-45-19-6-20-46-86)90-59-67-94(68-60-90)112(88-49-23-8-24-50-88)102-54-30-42-78-32-26-28-52-98(78)102/h1-76H. The number of benzene rings is 18. The first-order valence-corrected chi connectivity index (χ1v) is 39.0. The number of anilines is 12. The zero-order valence-corrected chi connectivity index (χ0v) is 62.6. The van der Waals surface area contributed by atoms with E-state index in [1.54, 1.807) is 0 Å². The van der Waals surface area contributed by atoms with Crippen LogP contribution in [0.15, 0.2) is 461 Å². The maximum Gasteiger partial charge on any atom is 0.0619 e. The van der Waals surface area contributed by atoms with Gasteiger partial charge in [-0.2, -0.15) is 0 Å². The number of para-hydroxylation sites is 4. The quantitative estimate of drug-likeness (QED) is 0.0805. The average molecular weight is 1460 g/mol. The van der Waals surface area contributed by atoms with Gasteiger partial charge < -0.3 is 28.7 Å². The summed E-state index contributed by atoms with van der Waals surface area (Å²) >= 11 is 0. The van der Waals surface area contributed by atoms with Crippen LogP contribution in [0, 0.1) is 0 Å². The largest absolute Gasteiger partial charge is 0.311 e. The molecule has 0 N–H and O–H groups in total. The van der Waals surface area contributed by atoms with Crippen molar-refractivity contribution in [2.75, 3.05) is 19.6 Å². The molecule has 0 aliphatic heterocycles. The molecular formula is C108H76N6. The minimum atomic E-state index is 1.04. The molecule has 2 aromatic heterocycles. The summed E-state index contributed by atoms with van der Waals surface area (Å²) in [5.41, 5.74) is 28.5. The first-order valence-electron chi connectivity index (χ1n) is 39.0. The first-order chi connectivity index (χ1) is 56.6. The lowest BCUT2D eigenvalue weighted by Gasteiger charge is -2.29. The zero-order chi connectivity index (χ0) is 75.7. The average Bonchev–Trinajstić information content (AvgIpc) is 1.57. The highest BCUT2D eigenvalue weighted by atomic mass is 15.2. The van der Waals surface area contributed by atoms with Crippen LogP contribution in [0.25, 0.3) is 111 Å². The molecule has 0 bridgehead atoms. The minimum absolute atomic E-state index is 1.04. The molecule has 0 fully saturated rings. The maximum atomic E-state index is 2.48. The number of hydrogen-bond acceptors (Lipinski definition) is 4. The summed E-state index contributed by atoms with van der Waals surface area (Å²) in [5, 5.41) is 7.09. The van der Waals surface area contributed by atoms with Gasteiger partial charge >= 0.3 is 0 Å². The Morgan fingerprint density at radius 2 is 0.404 bits per heavy atom. The fraction of sp³-hybridized carbons (Fsp3) is 0. The van der Waals surface area contributed by atoms with Crippen molar-refractivity contribution in [1.82, 2.24) is 9.13 Å². The SMILES string of the molecule is c1ccc(-c2c(-c3ccccc3)n(-c3ccc(N(c4ccccc4)c4ccc(N(c5ccccc5)c5cccc6ccccc56)cc4)cc3)c3ccc(-c4ccc5c(c4)c(-c4ccccc4)c(-c4ccccc4)n5-c4ccc(N(c5ccccc5)c5ccc(N(c6ccccc6)c6cccc7ccccc67)cc5)cc4)cc23)cc1. The second kappa shape index (κ2) is 30.0. The second-order valence-corrected chi connectivity index (χ2v) is 28.8. The third-order valence-corrected chi connectivity index (χ3v) is 22.0. The maximum absolute atomic E-state index is 2.48. The molecule has 114 heavy (non-hydrogen) atoms. The molecule has 6 heteroatoms. The van der Waals surface area contributed by atoms with E-state index < -0.39 is 0 Å². The summed E-state index contributed by atoms with van der Waals surface area (Å²) in [6.45, 7) is 0. The Kier molecular flexibility index (Phi) is 17.9. The van der Waals surface area contributed by atoms with Crippen LogP contribution < -0.4 is 19.6 Å². The number of rotatable bonds is 19. The molecule has 0 spiro atoms.